The second-order valence-electron chi connectivity index (χ2n) is 5.83. The van der Waals surface area contributed by atoms with E-state index < -0.39 is 5.25 Å². The standard InChI is InChI=1S/C19H19N3O3S/c1-12-3-5-14(6-4-12)21-19-22-18(24)16(26-19)11-17(23)20-13-7-9-15(25-2)10-8-13/h3-10,16H,11H2,1-2H3,(H,20,23)(H,21,22,24)/t16-/m1/s1. The molecule has 1 fully saturated rings. The van der Waals surface area contributed by atoms with Gasteiger partial charge in [-0.1, -0.05) is 29.5 Å². The molecule has 2 N–H and O–H groups in total. The van der Waals surface area contributed by atoms with E-state index in [-0.39, 0.29) is 18.2 Å². The number of anilines is 1. The second-order valence-corrected chi connectivity index (χ2v) is 7.02. The Hall–Kier alpha value is -2.80. The van der Waals surface area contributed by atoms with Crippen molar-refractivity contribution in [3.63, 3.8) is 0 Å². The Kier molecular flexibility index (Phi) is 5.58. The average molecular weight is 369 g/mol. The summed E-state index contributed by atoms with van der Waals surface area (Å²) >= 11 is 1.27. The molecule has 7 heteroatoms. The van der Waals surface area contributed by atoms with Crippen molar-refractivity contribution in [2.45, 2.75) is 18.6 Å². The van der Waals surface area contributed by atoms with Crippen molar-refractivity contribution in [2.75, 3.05) is 12.4 Å². The summed E-state index contributed by atoms with van der Waals surface area (Å²) in [5, 5.41) is 5.54. The maximum Gasteiger partial charge on any atom is 0.240 e. The Morgan fingerprint density at radius 3 is 2.54 bits per heavy atom. The van der Waals surface area contributed by atoms with Crippen LogP contribution in [0.25, 0.3) is 0 Å². The summed E-state index contributed by atoms with van der Waals surface area (Å²) < 4.78 is 5.08. The minimum atomic E-state index is -0.488. The van der Waals surface area contributed by atoms with E-state index in [1.807, 2.05) is 31.2 Å². The van der Waals surface area contributed by atoms with E-state index in [1.54, 1.807) is 31.4 Å². The fourth-order valence-electron chi connectivity index (χ4n) is 2.38. The Balaban J connectivity index is 1.58. The molecule has 1 aliphatic heterocycles. The minimum Gasteiger partial charge on any atom is -0.497 e. The zero-order chi connectivity index (χ0) is 18.5. The molecule has 3 rings (SSSR count). The van der Waals surface area contributed by atoms with Gasteiger partial charge in [0.25, 0.3) is 0 Å². The molecule has 1 atom stereocenters. The number of ether oxygens (including phenoxy) is 1. The first-order chi connectivity index (χ1) is 12.5. The first-order valence-corrected chi connectivity index (χ1v) is 8.98. The summed E-state index contributed by atoms with van der Waals surface area (Å²) in [6.45, 7) is 2.00. The number of hydrogen-bond acceptors (Lipinski definition) is 5. The Labute approximate surface area is 156 Å². The van der Waals surface area contributed by atoms with Crippen LogP contribution in [0.1, 0.15) is 12.0 Å². The average Bonchev–Trinajstić information content (AvgIpc) is 2.96. The zero-order valence-electron chi connectivity index (χ0n) is 14.5. The van der Waals surface area contributed by atoms with Crippen LogP contribution >= 0.6 is 11.8 Å². The molecular weight excluding hydrogens is 350 g/mol. The van der Waals surface area contributed by atoms with Crippen LogP contribution in [0.2, 0.25) is 0 Å². The first kappa shape index (κ1) is 18.0. The van der Waals surface area contributed by atoms with E-state index in [2.05, 4.69) is 15.6 Å². The molecule has 2 aromatic carbocycles. The molecule has 0 bridgehead atoms. The largest absolute Gasteiger partial charge is 0.497 e. The lowest BCUT2D eigenvalue weighted by Crippen LogP contribution is -2.28. The summed E-state index contributed by atoms with van der Waals surface area (Å²) in [6, 6.07) is 14.7. The van der Waals surface area contributed by atoms with E-state index in [9.17, 15) is 9.59 Å². The number of rotatable bonds is 5. The molecule has 0 saturated carbocycles. The van der Waals surface area contributed by atoms with Gasteiger partial charge in [0.15, 0.2) is 5.17 Å². The molecule has 1 heterocycles. The van der Waals surface area contributed by atoms with Gasteiger partial charge in [-0.05, 0) is 43.3 Å². The lowest BCUT2D eigenvalue weighted by molar-refractivity contribution is -0.122. The number of nitrogens with one attached hydrogen (secondary N) is 2. The number of benzene rings is 2. The van der Waals surface area contributed by atoms with Crippen LogP contribution in [0.3, 0.4) is 0 Å². The zero-order valence-corrected chi connectivity index (χ0v) is 15.3. The topological polar surface area (TPSA) is 79.8 Å². The summed E-state index contributed by atoms with van der Waals surface area (Å²) in [4.78, 5) is 28.7. The van der Waals surface area contributed by atoms with Gasteiger partial charge in [-0.3, -0.25) is 9.59 Å². The number of aryl methyl sites for hydroxylation is 1. The van der Waals surface area contributed by atoms with E-state index in [1.165, 1.54) is 11.8 Å². The highest BCUT2D eigenvalue weighted by Gasteiger charge is 2.32. The molecule has 26 heavy (non-hydrogen) atoms. The third-order valence-corrected chi connectivity index (χ3v) is 4.87. The van der Waals surface area contributed by atoms with Gasteiger partial charge in [0.05, 0.1) is 12.8 Å². The summed E-state index contributed by atoms with van der Waals surface area (Å²) in [5.74, 6) is 0.288. The molecule has 2 aromatic rings. The molecule has 0 radical (unpaired) electrons. The van der Waals surface area contributed by atoms with Crippen LogP contribution in [0.4, 0.5) is 11.4 Å². The van der Waals surface area contributed by atoms with Crippen LogP contribution < -0.4 is 15.4 Å². The molecule has 0 aliphatic carbocycles. The van der Waals surface area contributed by atoms with Crippen molar-refractivity contribution in [1.82, 2.24) is 5.32 Å². The predicted octanol–water partition coefficient (Wildman–Crippen LogP) is 3.25. The number of methoxy groups -OCH3 is 1. The monoisotopic (exact) mass is 369 g/mol. The van der Waals surface area contributed by atoms with Gasteiger partial charge < -0.3 is 15.4 Å². The van der Waals surface area contributed by atoms with E-state index in [0.29, 0.717) is 16.6 Å². The molecule has 1 aliphatic rings. The van der Waals surface area contributed by atoms with Crippen molar-refractivity contribution in [1.29, 1.82) is 0 Å². The van der Waals surface area contributed by atoms with Gasteiger partial charge in [-0.2, -0.15) is 0 Å². The SMILES string of the molecule is COc1ccc(NC(=O)C[C@H]2SC(=Nc3ccc(C)cc3)NC2=O)cc1. The number of amidine groups is 1. The minimum absolute atomic E-state index is 0.0788. The normalized spacial score (nSPS) is 17.8. The molecule has 0 spiro atoms. The number of amides is 2. The fourth-order valence-corrected chi connectivity index (χ4v) is 3.37. The number of thioether (sulfide) groups is 1. The quantitative estimate of drug-likeness (QED) is 0.848. The number of hydrogen-bond donors (Lipinski definition) is 2. The fraction of sp³-hybridized carbons (Fsp3) is 0.211. The molecule has 134 valence electrons. The van der Waals surface area contributed by atoms with Crippen LogP contribution in [0.15, 0.2) is 53.5 Å². The molecule has 0 aromatic heterocycles. The number of carbonyl (C=O) groups excluding carboxylic acids is 2. The van der Waals surface area contributed by atoms with E-state index in [4.69, 9.17) is 4.74 Å². The summed E-state index contributed by atoms with van der Waals surface area (Å²) in [5.41, 5.74) is 2.57. The van der Waals surface area contributed by atoms with Crippen LogP contribution in [0, 0.1) is 6.92 Å². The van der Waals surface area contributed by atoms with Crippen LogP contribution in [-0.4, -0.2) is 29.3 Å². The third kappa shape index (κ3) is 4.64. The maximum atomic E-state index is 12.2. The van der Waals surface area contributed by atoms with Crippen molar-refractivity contribution in [3.05, 3.63) is 54.1 Å². The first-order valence-electron chi connectivity index (χ1n) is 8.10. The van der Waals surface area contributed by atoms with Gasteiger partial charge in [-0.25, -0.2) is 4.99 Å². The Morgan fingerprint density at radius 1 is 1.19 bits per heavy atom. The smallest absolute Gasteiger partial charge is 0.240 e. The van der Waals surface area contributed by atoms with Gasteiger partial charge in [-0.15, -0.1) is 0 Å². The third-order valence-electron chi connectivity index (χ3n) is 3.79. The molecule has 6 nitrogen and oxygen atoms in total. The van der Waals surface area contributed by atoms with Crippen molar-refractivity contribution in [3.8, 4) is 5.75 Å². The van der Waals surface area contributed by atoms with E-state index >= 15 is 0 Å². The van der Waals surface area contributed by atoms with Gasteiger partial charge >= 0.3 is 0 Å². The number of nitrogens with zero attached hydrogens (tertiary/aromatic N) is 1. The Morgan fingerprint density at radius 2 is 1.88 bits per heavy atom. The lowest BCUT2D eigenvalue weighted by atomic mass is 10.2. The molecule has 2 amide bonds. The predicted molar refractivity (Wildman–Crippen MR) is 104 cm³/mol. The highest BCUT2D eigenvalue weighted by atomic mass is 32.2. The summed E-state index contributed by atoms with van der Waals surface area (Å²) in [6.07, 6.45) is 0.0788. The highest BCUT2D eigenvalue weighted by Crippen LogP contribution is 2.26. The molecule has 0 unspecified atom stereocenters. The summed E-state index contributed by atoms with van der Waals surface area (Å²) in [7, 11) is 1.58. The molecular formula is C19H19N3O3S. The van der Waals surface area contributed by atoms with E-state index in [0.717, 1.165) is 11.3 Å². The number of carbonyl (C=O) groups is 2. The Bertz CT molecular complexity index is 832. The molecule has 1 saturated heterocycles. The van der Waals surface area contributed by atoms with Crippen molar-refractivity contribution >= 4 is 40.1 Å². The maximum absolute atomic E-state index is 12.2. The van der Waals surface area contributed by atoms with Crippen LogP contribution in [-0.2, 0) is 9.59 Å². The number of aliphatic imine (C=N–C) groups is 1. The van der Waals surface area contributed by atoms with Gasteiger partial charge in [0.2, 0.25) is 11.8 Å². The lowest BCUT2D eigenvalue weighted by Gasteiger charge is -2.08. The van der Waals surface area contributed by atoms with Crippen molar-refractivity contribution in [2.24, 2.45) is 4.99 Å². The second kappa shape index (κ2) is 8.05. The highest BCUT2D eigenvalue weighted by molar-refractivity contribution is 8.15. The van der Waals surface area contributed by atoms with Gasteiger partial charge in [0, 0.05) is 12.1 Å². The van der Waals surface area contributed by atoms with Gasteiger partial charge in [0.1, 0.15) is 11.0 Å². The van der Waals surface area contributed by atoms with Crippen molar-refractivity contribution < 1.29 is 14.3 Å². The van der Waals surface area contributed by atoms with Crippen LogP contribution in [0.5, 0.6) is 5.75 Å².